The molecule has 1 aromatic carbocycles. The number of H-pyrrole nitrogens is 1. The van der Waals surface area contributed by atoms with E-state index in [0.29, 0.717) is 22.9 Å². The van der Waals surface area contributed by atoms with Gasteiger partial charge in [0.2, 0.25) is 12.7 Å². The van der Waals surface area contributed by atoms with Gasteiger partial charge in [-0.1, -0.05) is 13.0 Å². The smallest absolute Gasteiger partial charge is 0.270 e. The average molecular weight is 361 g/mol. The first-order valence-electron chi connectivity index (χ1n) is 8.24. The number of rotatable bonds is 3. The van der Waals surface area contributed by atoms with Crippen molar-refractivity contribution >= 4 is 23.5 Å². The zero-order valence-electron chi connectivity index (χ0n) is 14.0. The molecule has 2 aliphatic heterocycles. The van der Waals surface area contributed by atoms with E-state index in [1.807, 2.05) is 32.0 Å². The Bertz CT molecular complexity index is 889. The van der Waals surface area contributed by atoms with E-state index in [9.17, 15) is 9.59 Å². The standard InChI is InChI=1S/C17H19N3O4S/c1-3-9(2)20-16-14(17(22)19-20)15(25-7-13(21)18-16)10-4-5-11-12(6-10)24-8-23-11/h4-6,9,15H,3,7-8H2,1-2H3,(H,18,21)(H,19,22). The lowest BCUT2D eigenvalue weighted by molar-refractivity contribution is -0.113. The van der Waals surface area contributed by atoms with E-state index in [2.05, 4.69) is 10.4 Å². The maximum Gasteiger partial charge on any atom is 0.270 e. The Balaban J connectivity index is 1.84. The van der Waals surface area contributed by atoms with Crippen molar-refractivity contribution in [1.82, 2.24) is 9.78 Å². The van der Waals surface area contributed by atoms with Gasteiger partial charge in [-0.25, -0.2) is 0 Å². The van der Waals surface area contributed by atoms with Gasteiger partial charge in [-0.3, -0.25) is 19.4 Å². The Morgan fingerprint density at radius 2 is 2.12 bits per heavy atom. The predicted molar refractivity (Wildman–Crippen MR) is 95.6 cm³/mol. The van der Waals surface area contributed by atoms with E-state index in [0.717, 1.165) is 12.0 Å². The van der Waals surface area contributed by atoms with Gasteiger partial charge in [0.25, 0.3) is 5.56 Å². The molecule has 0 spiro atoms. The van der Waals surface area contributed by atoms with Crippen molar-refractivity contribution in [1.29, 1.82) is 0 Å². The average Bonchev–Trinajstić information content (AvgIpc) is 3.15. The lowest BCUT2D eigenvalue weighted by Gasteiger charge is -2.16. The topological polar surface area (TPSA) is 85.4 Å². The highest BCUT2D eigenvalue weighted by Crippen LogP contribution is 2.43. The van der Waals surface area contributed by atoms with Gasteiger partial charge in [-0.15, -0.1) is 11.8 Å². The molecule has 1 aromatic heterocycles. The lowest BCUT2D eigenvalue weighted by Crippen LogP contribution is -2.18. The molecule has 2 unspecified atom stereocenters. The molecule has 1 amide bonds. The van der Waals surface area contributed by atoms with Gasteiger partial charge in [0.05, 0.1) is 16.6 Å². The normalized spacial score (nSPS) is 19.9. The minimum absolute atomic E-state index is 0.0808. The van der Waals surface area contributed by atoms with Gasteiger partial charge >= 0.3 is 0 Å². The Morgan fingerprint density at radius 1 is 1.32 bits per heavy atom. The van der Waals surface area contributed by atoms with Gasteiger partial charge in [-0.05, 0) is 31.0 Å². The van der Waals surface area contributed by atoms with E-state index in [1.54, 1.807) is 4.68 Å². The fourth-order valence-electron chi connectivity index (χ4n) is 3.10. The number of anilines is 1. The van der Waals surface area contributed by atoms with Crippen LogP contribution in [0.1, 0.15) is 42.7 Å². The van der Waals surface area contributed by atoms with E-state index >= 15 is 0 Å². The van der Waals surface area contributed by atoms with E-state index in [-0.39, 0.29) is 35.3 Å². The highest BCUT2D eigenvalue weighted by Gasteiger charge is 2.32. The van der Waals surface area contributed by atoms with Gasteiger partial charge in [0, 0.05) is 6.04 Å². The van der Waals surface area contributed by atoms with Crippen molar-refractivity contribution in [3.63, 3.8) is 0 Å². The summed E-state index contributed by atoms with van der Waals surface area (Å²) in [5.74, 6) is 2.11. The molecule has 2 aromatic rings. The van der Waals surface area contributed by atoms with Gasteiger partial charge in [0.15, 0.2) is 11.5 Å². The van der Waals surface area contributed by atoms with Crippen molar-refractivity contribution in [2.45, 2.75) is 31.6 Å². The lowest BCUT2D eigenvalue weighted by atomic mass is 10.1. The first-order chi connectivity index (χ1) is 12.1. The Morgan fingerprint density at radius 3 is 2.92 bits per heavy atom. The van der Waals surface area contributed by atoms with Crippen LogP contribution >= 0.6 is 11.8 Å². The molecule has 0 radical (unpaired) electrons. The minimum Gasteiger partial charge on any atom is -0.454 e. The fourth-order valence-corrected chi connectivity index (χ4v) is 4.21. The van der Waals surface area contributed by atoms with Crippen molar-refractivity contribution in [2.24, 2.45) is 0 Å². The predicted octanol–water partition coefficient (Wildman–Crippen LogP) is 2.65. The molecule has 7 nitrogen and oxygen atoms in total. The summed E-state index contributed by atoms with van der Waals surface area (Å²) in [6.45, 7) is 4.25. The number of amides is 1. The summed E-state index contributed by atoms with van der Waals surface area (Å²) >= 11 is 1.44. The second-order valence-corrected chi connectivity index (χ2v) is 7.28. The summed E-state index contributed by atoms with van der Waals surface area (Å²) in [5, 5.41) is 5.53. The van der Waals surface area contributed by atoms with Gasteiger partial charge < -0.3 is 14.8 Å². The van der Waals surface area contributed by atoms with Crippen LogP contribution in [-0.4, -0.2) is 28.2 Å². The highest BCUT2D eigenvalue weighted by atomic mass is 32.2. The summed E-state index contributed by atoms with van der Waals surface area (Å²) < 4.78 is 12.6. The Kier molecular flexibility index (Phi) is 3.99. The quantitative estimate of drug-likeness (QED) is 0.878. The third-order valence-corrected chi connectivity index (χ3v) is 5.86. The monoisotopic (exact) mass is 361 g/mol. The number of benzene rings is 1. The second-order valence-electron chi connectivity index (χ2n) is 6.18. The van der Waals surface area contributed by atoms with Crippen LogP contribution in [0.3, 0.4) is 0 Å². The van der Waals surface area contributed by atoms with E-state index < -0.39 is 0 Å². The van der Waals surface area contributed by atoms with Gasteiger partial charge in [-0.2, -0.15) is 0 Å². The van der Waals surface area contributed by atoms with Crippen molar-refractivity contribution in [2.75, 3.05) is 17.9 Å². The first-order valence-corrected chi connectivity index (χ1v) is 9.28. The molecule has 0 bridgehead atoms. The zero-order valence-corrected chi connectivity index (χ0v) is 14.8. The van der Waals surface area contributed by atoms with Crippen LogP contribution in [0.15, 0.2) is 23.0 Å². The third-order valence-electron chi connectivity index (χ3n) is 4.59. The molecule has 2 N–H and O–H groups in total. The molecule has 0 saturated heterocycles. The second kappa shape index (κ2) is 6.18. The third kappa shape index (κ3) is 2.70. The highest BCUT2D eigenvalue weighted by molar-refractivity contribution is 8.00. The number of nitrogens with zero attached hydrogens (tertiary/aromatic N) is 1. The SMILES string of the molecule is CCC(C)n1[nH]c(=O)c2c1NC(=O)CSC2c1ccc2c(c1)OCO2. The Hall–Kier alpha value is -2.35. The first kappa shape index (κ1) is 16.1. The van der Waals surface area contributed by atoms with Gasteiger partial charge in [0.1, 0.15) is 5.82 Å². The number of thioether (sulfide) groups is 1. The minimum atomic E-state index is -0.252. The number of carbonyl (C=O) groups is 1. The fraction of sp³-hybridized carbons (Fsp3) is 0.412. The summed E-state index contributed by atoms with van der Waals surface area (Å²) in [7, 11) is 0. The van der Waals surface area contributed by atoms with Crippen LogP contribution in [-0.2, 0) is 4.79 Å². The molecule has 0 aliphatic carbocycles. The number of hydrogen-bond acceptors (Lipinski definition) is 5. The zero-order chi connectivity index (χ0) is 17.6. The number of hydrogen-bond donors (Lipinski definition) is 2. The van der Waals surface area contributed by atoms with E-state index in [4.69, 9.17) is 9.47 Å². The maximum absolute atomic E-state index is 12.7. The van der Waals surface area contributed by atoms with Crippen molar-refractivity contribution in [3.05, 3.63) is 39.7 Å². The number of nitrogens with one attached hydrogen (secondary N) is 2. The molecule has 8 heteroatoms. The van der Waals surface area contributed by atoms with Crippen molar-refractivity contribution in [3.8, 4) is 11.5 Å². The molecule has 25 heavy (non-hydrogen) atoms. The molecule has 2 atom stereocenters. The maximum atomic E-state index is 12.7. The molecule has 0 fully saturated rings. The Labute approximate surface area is 148 Å². The van der Waals surface area contributed by atoms with Crippen LogP contribution in [0, 0.1) is 0 Å². The van der Waals surface area contributed by atoms with Crippen LogP contribution in [0.4, 0.5) is 5.82 Å². The summed E-state index contributed by atoms with van der Waals surface area (Å²) in [6, 6.07) is 5.74. The molecule has 2 aliphatic rings. The van der Waals surface area contributed by atoms with E-state index in [1.165, 1.54) is 11.8 Å². The number of carbonyl (C=O) groups excluding carboxylic acids is 1. The van der Waals surface area contributed by atoms with Crippen LogP contribution in [0.2, 0.25) is 0 Å². The molecule has 132 valence electrons. The molecule has 4 rings (SSSR count). The van der Waals surface area contributed by atoms with Crippen LogP contribution in [0.5, 0.6) is 11.5 Å². The largest absolute Gasteiger partial charge is 0.454 e. The number of fused-ring (bicyclic) bond motifs is 2. The molecular weight excluding hydrogens is 342 g/mol. The number of ether oxygens (including phenoxy) is 2. The molecule has 0 saturated carbocycles. The van der Waals surface area contributed by atoms with Crippen molar-refractivity contribution < 1.29 is 14.3 Å². The number of aromatic amines is 1. The summed E-state index contributed by atoms with van der Waals surface area (Å²) in [4.78, 5) is 24.9. The van der Waals surface area contributed by atoms with Crippen LogP contribution in [0.25, 0.3) is 0 Å². The molecular formula is C17H19N3O4S. The summed E-state index contributed by atoms with van der Waals surface area (Å²) in [6.07, 6.45) is 0.842. The molecule has 3 heterocycles. The number of aromatic nitrogens is 2. The van der Waals surface area contributed by atoms with Crippen LogP contribution < -0.4 is 20.3 Å². The summed E-state index contributed by atoms with van der Waals surface area (Å²) in [5.41, 5.74) is 1.32.